The van der Waals surface area contributed by atoms with Crippen molar-refractivity contribution in [3.05, 3.63) is 88.9 Å². The zero-order chi connectivity index (χ0) is 38.7. The lowest BCUT2D eigenvalue weighted by Crippen LogP contribution is -2.35. The number of hydrogen-bond acceptors (Lipinski definition) is 9. The molecule has 1 aromatic heterocycles. The lowest BCUT2D eigenvalue weighted by atomic mass is 9.93. The average Bonchev–Trinajstić information content (AvgIpc) is 3.07. The first-order valence-corrected chi connectivity index (χ1v) is 17.3. The second-order valence-corrected chi connectivity index (χ2v) is 15.0. The van der Waals surface area contributed by atoms with Crippen LogP contribution in [0.3, 0.4) is 0 Å². The largest absolute Gasteiger partial charge is 0.490 e. The van der Waals surface area contributed by atoms with Crippen LogP contribution in [0.4, 0.5) is 39.5 Å². The van der Waals surface area contributed by atoms with Crippen LogP contribution in [0.5, 0.6) is 0 Å². The predicted molar refractivity (Wildman–Crippen MR) is 186 cm³/mol. The van der Waals surface area contributed by atoms with E-state index in [0.717, 1.165) is 17.3 Å². The van der Waals surface area contributed by atoms with Crippen molar-refractivity contribution < 1.29 is 50.2 Å². The number of alkyl halides is 3. The molecule has 12 nitrogen and oxygen atoms in total. The van der Waals surface area contributed by atoms with Gasteiger partial charge in [0.1, 0.15) is 17.7 Å². The van der Waals surface area contributed by atoms with Crippen LogP contribution in [0.1, 0.15) is 55.0 Å². The maximum absolute atomic E-state index is 14.7. The summed E-state index contributed by atoms with van der Waals surface area (Å²) in [6.45, 7) is 7.03. The number of pyridine rings is 1. The van der Waals surface area contributed by atoms with Gasteiger partial charge in [0.15, 0.2) is 9.84 Å². The first kappa shape index (κ1) is 39.3. The number of rotatable bonds is 4. The molecule has 0 saturated carbocycles. The molecular weight excluding hydrogens is 710 g/mol. The summed E-state index contributed by atoms with van der Waals surface area (Å²) in [6, 6.07) is 14.1. The number of aromatic nitrogens is 1. The molecule has 17 heteroatoms. The van der Waals surface area contributed by atoms with E-state index in [-0.39, 0.29) is 41.1 Å². The quantitative estimate of drug-likeness (QED) is 0.167. The van der Waals surface area contributed by atoms with Gasteiger partial charge in [-0.05, 0) is 79.4 Å². The predicted octanol–water partition coefficient (Wildman–Crippen LogP) is 6.56. The highest BCUT2D eigenvalue weighted by Gasteiger charge is 2.38. The Morgan fingerprint density at radius 2 is 1.77 bits per heavy atom. The normalized spacial score (nSPS) is 16.9. The Balaban J connectivity index is 0.000000785. The van der Waals surface area contributed by atoms with Gasteiger partial charge in [-0.1, -0.05) is 25.1 Å². The average molecular weight is 748 g/mol. The SMILES string of the molecule is Cc1cc2ccc1[C@@H](C)COC(=O)Nc1ccc(S(=O)(=O)C(C)C)c(c1)CN(C)C(=O)[C@@H]2Nc1ccc2c(N)ncc(F)c2c1.O=C(O)C(F)(F)F. The number of nitrogens with two attached hydrogens (primary N) is 1. The molecule has 0 spiro atoms. The Labute approximate surface area is 296 Å². The molecule has 4 aromatic rings. The van der Waals surface area contributed by atoms with Gasteiger partial charge in [-0.2, -0.15) is 13.2 Å². The fourth-order valence-electron chi connectivity index (χ4n) is 5.52. The Morgan fingerprint density at radius 3 is 2.38 bits per heavy atom. The van der Waals surface area contributed by atoms with Crippen molar-refractivity contribution >= 4 is 55.8 Å². The van der Waals surface area contributed by atoms with Gasteiger partial charge < -0.3 is 25.8 Å². The standard InChI is InChI=1S/C33H36FN5O5S.C2HF3O2/c1-18(2)45(42,43)29-11-8-23-13-22(29)16-39(5)32(40)30(37-24-7-10-26-27(14-24)28(34)15-36-31(26)35)21-6-9-25(19(3)12-21)20(4)17-44-33(41)38-23;3-2(4,5)1(6)7/h6-15,18,20,30,37H,16-17H2,1-5H3,(H2,35,36)(H,38,41);(H,6,7)/t20-,30+;/m0./s1. The van der Waals surface area contributed by atoms with Gasteiger partial charge in [-0.25, -0.2) is 27.4 Å². The van der Waals surface area contributed by atoms with Crippen molar-refractivity contribution in [3.8, 4) is 0 Å². The number of likely N-dealkylation sites (N-methyl/N-ethyl adjacent to an activating group) is 1. The van der Waals surface area contributed by atoms with Crippen molar-refractivity contribution in [3.63, 3.8) is 0 Å². The summed E-state index contributed by atoms with van der Waals surface area (Å²) in [6.07, 6.45) is -4.70. The number of hydrogen-bond donors (Lipinski definition) is 4. The van der Waals surface area contributed by atoms with Gasteiger partial charge in [-0.15, -0.1) is 0 Å². The Bertz CT molecular complexity index is 2130. The zero-order valence-corrected chi connectivity index (χ0v) is 29.5. The maximum atomic E-state index is 14.7. The highest BCUT2D eigenvalue weighted by Crippen LogP contribution is 2.32. The summed E-state index contributed by atoms with van der Waals surface area (Å²) in [4.78, 5) is 41.2. The molecule has 3 aromatic carbocycles. The fraction of sp³-hybridized carbons (Fsp3) is 0.314. The number of sulfone groups is 1. The minimum atomic E-state index is -5.08. The van der Waals surface area contributed by atoms with Crippen LogP contribution in [-0.4, -0.2) is 66.5 Å². The summed E-state index contributed by atoms with van der Waals surface area (Å²) < 4.78 is 78.6. The number of nitrogens with zero attached hydrogens (tertiary/aromatic N) is 2. The lowest BCUT2D eigenvalue weighted by molar-refractivity contribution is -0.192. The van der Waals surface area contributed by atoms with Crippen LogP contribution in [-0.2, 0) is 30.7 Å². The molecule has 2 atom stereocenters. The molecule has 0 aliphatic carbocycles. The number of nitrogen functional groups attached to an aromatic ring is 1. The number of halogens is 4. The van der Waals surface area contributed by atoms with Gasteiger partial charge in [0.25, 0.3) is 0 Å². The number of carbonyl (C=O) groups is 3. The molecule has 52 heavy (non-hydrogen) atoms. The molecule has 5 N–H and O–H groups in total. The molecule has 278 valence electrons. The Kier molecular flexibility index (Phi) is 11.7. The molecular formula is C35H37F4N5O7S. The van der Waals surface area contributed by atoms with E-state index in [2.05, 4.69) is 15.6 Å². The van der Waals surface area contributed by atoms with E-state index in [4.69, 9.17) is 20.4 Å². The molecule has 4 bridgehead atoms. The first-order valence-electron chi connectivity index (χ1n) is 15.8. The van der Waals surface area contributed by atoms with Gasteiger partial charge in [0.05, 0.1) is 22.9 Å². The van der Waals surface area contributed by atoms with Crippen molar-refractivity contribution in [1.29, 1.82) is 0 Å². The minimum absolute atomic E-state index is 0.0618. The summed E-state index contributed by atoms with van der Waals surface area (Å²) in [5.41, 5.74) is 9.57. The molecule has 0 saturated heterocycles. The number of amides is 2. The third-order valence-corrected chi connectivity index (χ3v) is 10.6. The summed E-state index contributed by atoms with van der Waals surface area (Å²) in [7, 11) is -2.16. The van der Waals surface area contributed by atoms with Crippen molar-refractivity contribution in [2.24, 2.45) is 0 Å². The number of carboxylic acids is 1. The highest BCUT2D eigenvalue weighted by molar-refractivity contribution is 7.92. The van der Waals surface area contributed by atoms with E-state index in [1.807, 2.05) is 32.0 Å². The second-order valence-electron chi connectivity index (χ2n) is 12.5. The van der Waals surface area contributed by atoms with Gasteiger partial charge >= 0.3 is 18.2 Å². The molecule has 2 amide bonds. The number of aryl methyl sites for hydroxylation is 1. The third-order valence-electron chi connectivity index (χ3n) is 8.31. The van der Waals surface area contributed by atoms with E-state index < -0.39 is 45.2 Å². The summed E-state index contributed by atoms with van der Waals surface area (Å²) >= 11 is 0. The fourth-order valence-corrected chi connectivity index (χ4v) is 6.77. The molecule has 2 aliphatic heterocycles. The molecule has 6 rings (SSSR count). The number of fused-ring (bicyclic) bond motifs is 10. The van der Waals surface area contributed by atoms with Crippen LogP contribution < -0.4 is 16.4 Å². The molecule has 0 unspecified atom stereocenters. The topological polar surface area (TPSA) is 181 Å². The van der Waals surface area contributed by atoms with Gasteiger partial charge in [0.2, 0.25) is 5.91 Å². The van der Waals surface area contributed by atoms with Crippen LogP contribution >= 0.6 is 0 Å². The number of nitrogens with one attached hydrogen (secondary N) is 2. The van der Waals surface area contributed by atoms with Crippen molar-refractivity contribution in [1.82, 2.24) is 9.88 Å². The minimum Gasteiger partial charge on any atom is -0.475 e. The van der Waals surface area contributed by atoms with Crippen LogP contribution in [0, 0.1) is 12.7 Å². The van der Waals surface area contributed by atoms with Gasteiger partial charge in [0, 0.05) is 41.7 Å². The van der Waals surface area contributed by atoms with Crippen molar-refractivity contribution in [2.75, 3.05) is 30.0 Å². The van der Waals surface area contributed by atoms with Gasteiger partial charge in [-0.3, -0.25) is 10.1 Å². The maximum Gasteiger partial charge on any atom is 0.490 e. The highest BCUT2D eigenvalue weighted by atomic mass is 32.2. The third kappa shape index (κ3) is 8.88. The number of benzene rings is 3. The van der Waals surface area contributed by atoms with Crippen LogP contribution in [0.25, 0.3) is 10.8 Å². The van der Waals surface area contributed by atoms with E-state index >= 15 is 0 Å². The first-order chi connectivity index (χ1) is 24.2. The van der Waals surface area contributed by atoms with E-state index in [1.165, 1.54) is 17.0 Å². The number of carbonyl (C=O) groups excluding carboxylic acids is 2. The Hall–Kier alpha value is -5.45. The number of aliphatic carboxylic acids is 1. The Morgan fingerprint density at radius 1 is 1.10 bits per heavy atom. The summed E-state index contributed by atoms with van der Waals surface area (Å²) in [5, 5.41) is 13.1. The second kappa shape index (κ2) is 15.4. The van der Waals surface area contributed by atoms with Crippen LogP contribution in [0.2, 0.25) is 0 Å². The number of anilines is 3. The van der Waals surface area contributed by atoms with E-state index in [1.54, 1.807) is 45.2 Å². The molecule has 0 radical (unpaired) electrons. The van der Waals surface area contributed by atoms with Crippen molar-refractivity contribution in [2.45, 2.75) is 62.5 Å². The molecule has 3 heterocycles. The molecule has 0 fully saturated rings. The number of carboxylic acid groups (broad SMARTS) is 1. The van der Waals surface area contributed by atoms with E-state index in [9.17, 15) is 35.6 Å². The number of ether oxygens (including phenoxy) is 1. The lowest BCUT2D eigenvalue weighted by Gasteiger charge is -2.28. The van der Waals surface area contributed by atoms with Crippen LogP contribution in [0.15, 0.2) is 65.7 Å². The monoisotopic (exact) mass is 747 g/mol. The zero-order valence-electron chi connectivity index (χ0n) is 28.7. The molecule has 2 aliphatic rings. The van der Waals surface area contributed by atoms with E-state index in [0.29, 0.717) is 27.9 Å². The smallest absolute Gasteiger partial charge is 0.475 e. The summed E-state index contributed by atoms with van der Waals surface area (Å²) in [5.74, 6) is -3.63.